The summed E-state index contributed by atoms with van der Waals surface area (Å²) in [4.78, 5) is 9.21. The maximum absolute atomic E-state index is 5.74. The van der Waals surface area contributed by atoms with Gasteiger partial charge in [0, 0.05) is 32.7 Å². The Bertz CT molecular complexity index is 668. The van der Waals surface area contributed by atoms with Crippen molar-refractivity contribution in [1.29, 1.82) is 0 Å². The summed E-state index contributed by atoms with van der Waals surface area (Å²) in [5.74, 6) is 2.74. The van der Waals surface area contributed by atoms with Crippen LogP contribution >= 0.6 is 0 Å². The molecule has 2 aromatic rings. The number of nitrogens with two attached hydrogens (primary N) is 1. The molecule has 3 rings (SSSR count). The Morgan fingerprint density at radius 3 is 2.40 bits per heavy atom. The van der Waals surface area contributed by atoms with Gasteiger partial charge in [0.15, 0.2) is 0 Å². The van der Waals surface area contributed by atoms with Crippen molar-refractivity contribution in [3.63, 3.8) is 0 Å². The third-order valence-electron chi connectivity index (χ3n) is 4.59. The van der Waals surface area contributed by atoms with Crippen LogP contribution in [0.1, 0.15) is 12.0 Å². The van der Waals surface area contributed by atoms with Crippen LogP contribution in [0.4, 0.5) is 11.5 Å². The van der Waals surface area contributed by atoms with Crippen LogP contribution in [-0.2, 0) is 6.54 Å². The lowest BCUT2D eigenvalue weighted by Crippen LogP contribution is -2.31. The summed E-state index contributed by atoms with van der Waals surface area (Å²) in [6, 6.07) is 9.83. The van der Waals surface area contributed by atoms with E-state index in [0.29, 0.717) is 5.69 Å². The molecule has 0 unspecified atom stereocenters. The van der Waals surface area contributed by atoms with Crippen molar-refractivity contribution >= 4 is 11.5 Å². The first-order chi connectivity index (χ1) is 12.2. The van der Waals surface area contributed by atoms with E-state index in [1.807, 2.05) is 30.3 Å². The lowest BCUT2D eigenvalue weighted by atomic mass is 10.1. The Morgan fingerprint density at radius 2 is 1.76 bits per heavy atom. The smallest absolute Gasteiger partial charge is 0.128 e. The maximum atomic E-state index is 5.74. The second-order valence-corrected chi connectivity index (χ2v) is 6.21. The quantitative estimate of drug-likeness (QED) is 0.900. The van der Waals surface area contributed by atoms with Crippen molar-refractivity contribution in [3.8, 4) is 11.5 Å². The van der Waals surface area contributed by atoms with Crippen molar-refractivity contribution in [2.75, 3.05) is 51.0 Å². The molecule has 0 bridgehead atoms. The van der Waals surface area contributed by atoms with Gasteiger partial charge in [0.1, 0.15) is 17.3 Å². The summed E-state index contributed by atoms with van der Waals surface area (Å²) >= 11 is 0. The van der Waals surface area contributed by atoms with E-state index in [1.54, 1.807) is 20.4 Å². The Kier molecular flexibility index (Phi) is 5.60. The van der Waals surface area contributed by atoms with Gasteiger partial charge in [-0.25, -0.2) is 4.98 Å². The zero-order chi connectivity index (χ0) is 17.6. The zero-order valence-electron chi connectivity index (χ0n) is 14.9. The highest BCUT2D eigenvalue weighted by Gasteiger charge is 2.19. The molecule has 25 heavy (non-hydrogen) atoms. The van der Waals surface area contributed by atoms with Gasteiger partial charge in [0.25, 0.3) is 0 Å². The molecule has 1 aromatic carbocycles. The lowest BCUT2D eigenvalue weighted by molar-refractivity contribution is 0.273. The molecule has 2 N–H and O–H groups in total. The van der Waals surface area contributed by atoms with E-state index in [0.717, 1.165) is 62.0 Å². The predicted octanol–water partition coefficient (Wildman–Crippen LogP) is 2.39. The number of pyridine rings is 1. The molecular formula is C19H26N4O2. The zero-order valence-corrected chi connectivity index (χ0v) is 14.9. The Labute approximate surface area is 149 Å². The monoisotopic (exact) mass is 342 g/mol. The summed E-state index contributed by atoms with van der Waals surface area (Å²) in [5, 5.41) is 0. The molecule has 0 aliphatic carbocycles. The molecule has 134 valence electrons. The molecule has 1 aliphatic heterocycles. The lowest BCUT2D eigenvalue weighted by Gasteiger charge is -2.24. The van der Waals surface area contributed by atoms with Gasteiger partial charge in [-0.3, -0.25) is 4.90 Å². The number of nitrogen functional groups attached to an aromatic ring is 1. The van der Waals surface area contributed by atoms with Crippen LogP contribution in [0.2, 0.25) is 0 Å². The second kappa shape index (κ2) is 8.07. The van der Waals surface area contributed by atoms with E-state index in [1.165, 1.54) is 0 Å². The fraction of sp³-hybridized carbons (Fsp3) is 0.421. The van der Waals surface area contributed by atoms with Crippen LogP contribution in [0.5, 0.6) is 11.5 Å². The number of hydrogen-bond donors (Lipinski definition) is 1. The number of benzene rings is 1. The fourth-order valence-electron chi connectivity index (χ4n) is 3.25. The highest BCUT2D eigenvalue weighted by atomic mass is 16.5. The first-order valence-electron chi connectivity index (χ1n) is 8.60. The van der Waals surface area contributed by atoms with Gasteiger partial charge >= 0.3 is 0 Å². The first-order valence-corrected chi connectivity index (χ1v) is 8.60. The minimum atomic E-state index is 0.698. The standard InChI is InChI=1S/C19H26N4O2/c1-24-17-5-3-6-18(25-2)16(17)14-22-9-4-10-23(12-11-22)19-8-7-15(20)13-21-19/h3,5-8,13H,4,9-12,14,20H2,1-2H3. The number of hydrogen-bond acceptors (Lipinski definition) is 6. The van der Waals surface area contributed by atoms with Crippen LogP contribution in [0.25, 0.3) is 0 Å². The molecule has 1 aromatic heterocycles. The molecule has 0 saturated carbocycles. The molecule has 0 atom stereocenters. The number of aromatic nitrogens is 1. The largest absolute Gasteiger partial charge is 0.496 e. The molecule has 6 heteroatoms. The highest BCUT2D eigenvalue weighted by Crippen LogP contribution is 2.30. The van der Waals surface area contributed by atoms with Crippen molar-refractivity contribution in [3.05, 3.63) is 42.1 Å². The van der Waals surface area contributed by atoms with Gasteiger partial charge in [-0.1, -0.05) is 6.07 Å². The Hall–Kier alpha value is -2.47. The van der Waals surface area contributed by atoms with Gasteiger partial charge in [-0.2, -0.15) is 0 Å². The molecule has 2 heterocycles. The fourth-order valence-corrected chi connectivity index (χ4v) is 3.25. The minimum Gasteiger partial charge on any atom is -0.496 e. The number of ether oxygens (including phenoxy) is 2. The van der Waals surface area contributed by atoms with Crippen LogP contribution in [0.3, 0.4) is 0 Å². The SMILES string of the molecule is COc1cccc(OC)c1CN1CCCN(c2ccc(N)cn2)CC1. The topological polar surface area (TPSA) is 63.9 Å². The van der Waals surface area contributed by atoms with Crippen molar-refractivity contribution in [2.45, 2.75) is 13.0 Å². The Balaban J connectivity index is 1.69. The van der Waals surface area contributed by atoms with E-state index in [-0.39, 0.29) is 0 Å². The van der Waals surface area contributed by atoms with Crippen LogP contribution in [0.15, 0.2) is 36.5 Å². The number of nitrogens with zero attached hydrogens (tertiary/aromatic N) is 3. The summed E-state index contributed by atoms with van der Waals surface area (Å²) < 4.78 is 11.0. The number of anilines is 2. The number of rotatable bonds is 5. The van der Waals surface area contributed by atoms with Crippen molar-refractivity contribution in [2.24, 2.45) is 0 Å². The summed E-state index contributed by atoms with van der Waals surface area (Å²) in [5.41, 5.74) is 7.54. The average Bonchev–Trinajstić information content (AvgIpc) is 2.88. The van der Waals surface area contributed by atoms with Gasteiger partial charge < -0.3 is 20.1 Å². The van der Waals surface area contributed by atoms with Gasteiger partial charge in [-0.15, -0.1) is 0 Å². The van der Waals surface area contributed by atoms with E-state index in [9.17, 15) is 0 Å². The Morgan fingerprint density at radius 1 is 1.00 bits per heavy atom. The molecule has 6 nitrogen and oxygen atoms in total. The average molecular weight is 342 g/mol. The van der Waals surface area contributed by atoms with Crippen molar-refractivity contribution in [1.82, 2.24) is 9.88 Å². The third-order valence-corrected chi connectivity index (χ3v) is 4.59. The molecule has 0 spiro atoms. The number of methoxy groups -OCH3 is 2. The molecule has 1 aliphatic rings. The minimum absolute atomic E-state index is 0.698. The van der Waals surface area contributed by atoms with E-state index < -0.39 is 0 Å². The van der Waals surface area contributed by atoms with E-state index >= 15 is 0 Å². The van der Waals surface area contributed by atoms with E-state index in [2.05, 4.69) is 14.8 Å². The van der Waals surface area contributed by atoms with Crippen LogP contribution < -0.4 is 20.1 Å². The van der Waals surface area contributed by atoms with Gasteiger partial charge in [0.05, 0.1) is 31.7 Å². The van der Waals surface area contributed by atoms with E-state index in [4.69, 9.17) is 15.2 Å². The summed E-state index contributed by atoms with van der Waals surface area (Å²) in [7, 11) is 3.41. The third kappa shape index (κ3) is 4.14. The van der Waals surface area contributed by atoms with Crippen molar-refractivity contribution < 1.29 is 9.47 Å². The molecular weight excluding hydrogens is 316 g/mol. The highest BCUT2D eigenvalue weighted by molar-refractivity contribution is 5.46. The first kappa shape index (κ1) is 17.4. The van der Waals surface area contributed by atoms with Gasteiger partial charge in [0.2, 0.25) is 0 Å². The molecule has 0 amide bonds. The second-order valence-electron chi connectivity index (χ2n) is 6.21. The molecule has 1 saturated heterocycles. The van der Waals surface area contributed by atoms with Gasteiger partial charge in [-0.05, 0) is 30.7 Å². The van der Waals surface area contributed by atoms with Crippen LogP contribution in [-0.4, -0.2) is 50.3 Å². The summed E-state index contributed by atoms with van der Waals surface area (Å²) in [6.45, 7) is 4.75. The molecule has 1 fully saturated rings. The summed E-state index contributed by atoms with van der Waals surface area (Å²) in [6.07, 6.45) is 2.81. The maximum Gasteiger partial charge on any atom is 0.128 e. The normalized spacial score (nSPS) is 15.7. The molecule has 0 radical (unpaired) electrons. The van der Waals surface area contributed by atoms with Crippen LogP contribution in [0, 0.1) is 0 Å². The predicted molar refractivity (Wildman–Crippen MR) is 100 cm³/mol.